The van der Waals surface area contributed by atoms with E-state index in [0.717, 1.165) is 5.69 Å². The summed E-state index contributed by atoms with van der Waals surface area (Å²) in [6, 6.07) is 6.83. The molecule has 0 aromatic heterocycles. The molecule has 17 heavy (non-hydrogen) atoms. The molecule has 1 fully saturated rings. The molecule has 0 saturated carbocycles. The van der Waals surface area contributed by atoms with Crippen molar-refractivity contribution >= 4 is 11.4 Å². The van der Waals surface area contributed by atoms with Crippen LogP contribution in [0, 0.1) is 6.92 Å². The van der Waals surface area contributed by atoms with Gasteiger partial charge in [-0.3, -0.25) is 0 Å². The standard InChI is InChI=1S/C14H23N3/c1-11-13(15)5-4-6-14(11)17(3)12-7-9-16(2)10-8-12/h4-6,12H,7-10,15H2,1-3H3. The van der Waals surface area contributed by atoms with E-state index in [-0.39, 0.29) is 0 Å². The van der Waals surface area contributed by atoms with Gasteiger partial charge in [0, 0.05) is 24.5 Å². The zero-order valence-corrected chi connectivity index (χ0v) is 11.1. The van der Waals surface area contributed by atoms with Crippen molar-refractivity contribution in [3.05, 3.63) is 23.8 Å². The monoisotopic (exact) mass is 233 g/mol. The predicted molar refractivity (Wildman–Crippen MR) is 74.5 cm³/mol. The largest absolute Gasteiger partial charge is 0.398 e. The first kappa shape index (κ1) is 12.2. The van der Waals surface area contributed by atoms with E-state index in [1.165, 1.54) is 37.2 Å². The highest BCUT2D eigenvalue weighted by molar-refractivity contribution is 5.64. The molecule has 0 atom stereocenters. The third-order valence-electron chi connectivity index (χ3n) is 3.96. The van der Waals surface area contributed by atoms with Crippen molar-refractivity contribution in [1.82, 2.24) is 4.90 Å². The van der Waals surface area contributed by atoms with Gasteiger partial charge in [0.25, 0.3) is 0 Å². The van der Waals surface area contributed by atoms with E-state index in [0.29, 0.717) is 6.04 Å². The molecule has 1 aromatic carbocycles. The fourth-order valence-electron chi connectivity index (χ4n) is 2.60. The minimum absolute atomic E-state index is 0.645. The molecule has 1 aliphatic rings. The zero-order valence-electron chi connectivity index (χ0n) is 11.1. The Morgan fingerprint density at radius 3 is 2.59 bits per heavy atom. The van der Waals surface area contributed by atoms with E-state index in [1.54, 1.807) is 0 Å². The number of nitrogen functional groups attached to an aromatic ring is 1. The van der Waals surface area contributed by atoms with Gasteiger partial charge in [0.05, 0.1) is 0 Å². The highest BCUT2D eigenvalue weighted by atomic mass is 15.2. The number of anilines is 2. The SMILES string of the molecule is Cc1c(N)cccc1N(C)C1CCN(C)CC1. The highest BCUT2D eigenvalue weighted by Gasteiger charge is 2.21. The van der Waals surface area contributed by atoms with Crippen molar-refractivity contribution in [3.63, 3.8) is 0 Å². The fraction of sp³-hybridized carbons (Fsp3) is 0.571. The van der Waals surface area contributed by atoms with Crippen LogP contribution < -0.4 is 10.6 Å². The van der Waals surface area contributed by atoms with E-state index in [9.17, 15) is 0 Å². The van der Waals surface area contributed by atoms with Gasteiger partial charge < -0.3 is 15.5 Å². The molecule has 0 bridgehead atoms. The quantitative estimate of drug-likeness (QED) is 0.794. The third kappa shape index (κ3) is 2.55. The molecule has 2 rings (SSSR count). The lowest BCUT2D eigenvalue weighted by Gasteiger charge is -2.37. The summed E-state index contributed by atoms with van der Waals surface area (Å²) in [6.45, 7) is 4.49. The smallest absolute Gasteiger partial charge is 0.0416 e. The molecular formula is C14H23N3. The van der Waals surface area contributed by atoms with E-state index in [4.69, 9.17) is 5.73 Å². The average Bonchev–Trinajstić information content (AvgIpc) is 2.33. The van der Waals surface area contributed by atoms with Gasteiger partial charge in [-0.15, -0.1) is 0 Å². The lowest BCUT2D eigenvalue weighted by atomic mass is 10.0. The van der Waals surface area contributed by atoms with Gasteiger partial charge in [-0.1, -0.05) is 6.07 Å². The number of benzene rings is 1. The van der Waals surface area contributed by atoms with E-state index in [1.807, 2.05) is 12.1 Å². The number of rotatable bonds is 2. The van der Waals surface area contributed by atoms with Crippen LogP contribution in [0.2, 0.25) is 0 Å². The highest BCUT2D eigenvalue weighted by Crippen LogP contribution is 2.27. The topological polar surface area (TPSA) is 32.5 Å². The summed E-state index contributed by atoms with van der Waals surface area (Å²) in [6.07, 6.45) is 2.47. The molecular weight excluding hydrogens is 210 g/mol. The normalized spacial score (nSPS) is 18.3. The summed E-state index contributed by atoms with van der Waals surface area (Å²) in [5, 5.41) is 0. The van der Waals surface area contributed by atoms with E-state index >= 15 is 0 Å². The van der Waals surface area contributed by atoms with Crippen molar-refractivity contribution < 1.29 is 0 Å². The van der Waals surface area contributed by atoms with Gasteiger partial charge in [0.1, 0.15) is 0 Å². The van der Waals surface area contributed by atoms with E-state index < -0.39 is 0 Å². The number of nitrogens with zero attached hydrogens (tertiary/aromatic N) is 2. The third-order valence-corrected chi connectivity index (χ3v) is 3.96. The number of nitrogens with two attached hydrogens (primary N) is 1. The molecule has 2 N–H and O–H groups in total. The molecule has 0 spiro atoms. The summed E-state index contributed by atoms with van der Waals surface area (Å²) >= 11 is 0. The molecule has 94 valence electrons. The van der Waals surface area contributed by atoms with Gasteiger partial charge in [-0.25, -0.2) is 0 Å². The molecule has 0 unspecified atom stereocenters. The Bertz CT molecular complexity index is 381. The Balaban J connectivity index is 2.14. The predicted octanol–water partition coefficient (Wildman–Crippen LogP) is 2.11. The first-order valence-electron chi connectivity index (χ1n) is 6.36. The second kappa shape index (κ2) is 4.96. The molecule has 1 aromatic rings. The van der Waals surface area contributed by atoms with Crippen molar-refractivity contribution in [1.29, 1.82) is 0 Å². The van der Waals surface area contributed by atoms with Crippen LogP contribution in [0.25, 0.3) is 0 Å². The van der Waals surface area contributed by atoms with Crippen LogP contribution in [0.3, 0.4) is 0 Å². The van der Waals surface area contributed by atoms with Gasteiger partial charge in [-0.2, -0.15) is 0 Å². The summed E-state index contributed by atoms with van der Waals surface area (Å²) < 4.78 is 0. The van der Waals surface area contributed by atoms with Crippen molar-refractivity contribution in [2.45, 2.75) is 25.8 Å². The molecule has 1 saturated heterocycles. The Morgan fingerprint density at radius 1 is 1.29 bits per heavy atom. The second-order valence-electron chi connectivity index (χ2n) is 5.14. The molecule has 1 aliphatic heterocycles. The number of hydrogen-bond acceptors (Lipinski definition) is 3. The first-order chi connectivity index (χ1) is 8.09. The number of piperidine rings is 1. The average molecular weight is 233 g/mol. The van der Waals surface area contributed by atoms with Gasteiger partial charge in [0.15, 0.2) is 0 Å². The number of hydrogen-bond donors (Lipinski definition) is 1. The van der Waals surface area contributed by atoms with Crippen molar-refractivity contribution in [2.75, 3.05) is 37.8 Å². The van der Waals surface area contributed by atoms with E-state index in [2.05, 4.69) is 36.9 Å². The Labute approximate surface area is 104 Å². The van der Waals surface area contributed by atoms with Gasteiger partial charge >= 0.3 is 0 Å². The van der Waals surface area contributed by atoms with Crippen molar-refractivity contribution in [3.8, 4) is 0 Å². The minimum Gasteiger partial charge on any atom is -0.398 e. The van der Waals surface area contributed by atoms with Gasteiger partial charge in [0.2, 0.25) is 0 Å². The maximum absolute atomic E-state index is 5.98. The lowest BCUT2D eigenvalue weighted by molar-refractivity contribution is 0.253. The summed E-state index contributed by atoms with van der Waals surface area (Å²) in [4.78, 5) is 4.80. The molecule has 3 heteroatoms. The van der Waals surface area contributed by atoms with Crippen LogP contribution in [0.1, 0.15) is 18.4 Å². The zero-order chi connectivity index (χ0) is 12.4. The summed E-state index contributed by atoms with van der Waals surface area (Å²) in [5.41, 5.74) is 9.35. The van der Waals surface area contributed by atoms with Crippen molar-refractivity contribution in [2.24, 2.45) is 0 Å². The maximum atomic E-state index is 5.98. The molecule has 0 aliphatic carbocycles. The molecule has 3 nitrogen and oxygen atoms in total. The minimum atomic E-state index is 0.645. The van der Waals surface area contributed by atoms with Crippen LogP contribution >= 0.6 is 0 Å². The fourth-order valence-corrected chi connectivity index (χ4v) is 2.60. The Morgan fingerprint density at radius 2 is 1.94 bits per heavy atom. The van der Waals surface area contributed by atoms with Crippen LogP contribution in [0.15, 0.2) is 18.2 Å². The van der Waals surface area contributed by atoms with Gasteiger partial charge in [-0.05, 0) is 57.6 Å². The Kier molecular flexibility index (Phi) is 3.57. The first-order valence-corrected chi connectivity index (χ1v) is 6.36. The van der Waals surface area contributed by atoms with Crippen LogP contribution in [0.4, 0.5) is 11.4 Å². The number of likely N-dealkylation sites (tertiary alicyclic amines) is 1. The van der Waals surface area contributed by atoms with Crippen LogP contribution in [-0.2, 0) is 0 Å². The molecule has 0 amide bonds. The molecule has 0 radical (unpaired) electrons. The Hall–Kier alpha value is -1.22. The van der Waals surface area contributed by atoms with Crippen LogP contribution in [-0.4, -0.2) is 38.1 Å². The summed E-state index contributed by atoms with van der Waals surface area (Å²) in [7, 11) is 4.39. The molecule has 1 heterocycles. The second-order valence-corrected chi connectivity index (χ2v) is 5.14. The van der Waals surface area contributed by atoms with Crippen LogP contribution in [0.5, 0.6) is 0 Å². The lowest BCUT2D eigenvalue weighted by Crippen LogP contribution is -2.42. The maximum Gasteiger partial charge on any atom is 0.0416 e. The summed E-state index contributed by atoms with van der Waals surface area (Å²) in [5.74, 6) is 0.